The largest absolute Gasteiger partial charge is 0.369 e. The van der Waals surface area contributed by atoms with E-state index in [1.54, 1.807) is 12.1 Å². The molecule has 0 spiro atoms. The van der Waals surface area contributed by atoms with Crippen LogP contribution < -0.4 is 15.5 Å². The van der Waals surface area contributed by atoms with Crippen molar-refractivity contribution in [1.29, 1.82) is 0 Å². The molecule has 1 aliphatic rings. The lowest BCUT2D eigenvalue weighted by Gasteiger charge is -2.35. The van der Waals surface area contributed by atoms with Gasteiger partial charge in [0.1, 0.15) is 23.7 Å². The Labute approximate surface area is 156 Å². The number of aromatic nitrogens is 2. The van der Waals surface area contributed by atoms with Gasteiger partial charge in [-0.2, -0.15) is 0 Å². The van der Waals surface area contributed by atoms with E-state index in [9.17, 15) is 14.9 Å². The van der Waals surface area contributed by atoms with Gasteiger partial charge in [-0.05, 0) is 18.7 Å². The topological polar surface area (TPSA) is 117 Å². The molecule has 3 rings (SSSR count). The lowest BCUT2D eigenvalue weighted by Crippen LogP contribution is -2.46. The summed E-state index contributed by atoms with van der Waals surface area (Å²) < 4.78 is 0. The van der Waals surface area contributed by atoms with Crippen molar-refractivity contribution in [3.63, 3.8) is 0 Å². The summed E-state index contributed by atoms with van der Waals surface area (Å²) in [6.07, 6.45) is 2.77. The van der Waals surface area contributed by atoms with E-state index in [1.165, 1.54) is 18.8 Å². The zero-order valence-electron chi connectivity index (χ0n) is 14.9. The Bertz CT molecular complexity index is 822. The minimum atomic E-state index is -0.423. The molecule has 1 fully saturated rings. The van der Waals surface area contributed by atoms with E-state index in [0.717, 1.165) is 38.4 Å². The van der Waals surface area contributed by atoms with Crippen LogP contribution in [0.3, 0.4) is 0 Å². The van der Waals surface area contributed by atoms with Gasteiger partial charge < -0.3 is 20.4 Å². The number of hydrogen-bond acceptors (Lipinski definition) is 8. The number of nitro groups is 1. The molecule has 0 bridgehead atoms. The van der Waals surface area contributed by atoms with Crippen molar-refractivity contribution < 1.29 is 9.72 Å². The third-order valence-electron chi connectivity index (χ3n) is 4.47. The predicted molar refractivity (Wildman–Crippen MR) is 102 cm³/mol. The molecule has 0 atom stereocenters. The highest BCUT2D eigenvalue weighted by Crippen LogP contribution is 2.32. The number of carbonyl (C=O) groups excluding carboxylic acids is 1. The highest BCUT2D eigenvalue weighted by Gasteiger charge is 2.21. The highest BCUT2D eigenvalue weighted by atomic mass is 16.6. The number of rotatable bonds is 7. The van der Waals surface area contributed by atoms with Gasteiger partial charge in [-0.3, -0.25) is 14.9 Å². The Balaban J connectivity index is 1.81. The molecule has 1 saturated heterocycles. The quantitative estimate of drug-likeness (QED) is 0.430. The maximum atomic E-state index is 11.6. The van der Waals surface area contributed by atoms with Crippen LogP contribution in [0.5, 0.6) is 0 Å². The second-order valence-electron chi connectivity index (χ2n) is 6.02. The second kappa shape index (κ2) is 8.41. The van der Waals surface area contributed by atoms with Gasteiger partial charge in [0.25, 0.3) is 5.69 Å². The van der Waals surface area contributed by atoms with Crippen LogP contribution in [0.1, 0.15) is 6.92 Å². The number of hydrogen-bond donors (Lipinski definition) is 2. The van der Waals surface area contributed by atoms with Crippen molar-refractivity contribution in [3.05, 3.63) is 40.7 Å². The fraction of sp³-hybridized carbons (Fsp3) is 0.353. The molecule has 141 valence electrons. The van der Waals surface area contributed by atoms with Crippen molar-refractivity contribution in [2.45, 2.75) is 6.92 Å². The second-order valence-corrected chi connectivity index (χ2v) is 6.02. The zero-order chi connectivity index (χ0) is 19.2. The molecule has 10 nitrogen and oxygen atoms in total. The molecular formula is C17H20N7O3. The van der Waals surface area contributed by atoms with Crippen molar-refractivity contribution in [3.8, 4) is 0 Å². The summed E-state index contributed by atoms with van der Waals surface area (Å²) in [6, 6.07) is 6.56. The number of anilines is 4. The summed E-state index contributed by atoms with van der Waals surface area (Å²) in [5, 5.41) is 16.8. The lowest BCUT2D eigenvalue weighted by atomic mass is 10.2. The van der Waals surface area contributed by atoms with E-state index in [-0.39, 0.29) is 11.5 Å². The molecule has 2 aromatic rings. The molecule has 1 aliphatic heterocycles. The van der Waals surface area contributed by atoms with E-state index >= 15 is 0 Å². The van der Waals surface area contributed by atoms with Gasteiger partial charge in [-0.25, -0.2) is 9.97 Å². The van der Waals surface area contributed by atoms with Crippen LogP contribution in [0.4, 0.5) is 28.7 Å². The van der Waals surface area contributed by atoms with E-state index in [2.05, 4.69) is 37.3 Å². The normalized spacial score (nSPS) is 14.6. The van der Waals surface area contributed by atoms with Gasteiger partial charge in [-0.15, -0.1) is 0 Å². The number of piperazine rings is 1. The van der Waals surface area contributed by atoms with Crippen LogP contribution in [0.15, 0.2) is 30.6 Å². The van der Waals surface area contributed by atoms with Crippen LogP contribution in [-0.2, 0) is 4.79 Å². The standard InChI is InChI=1S/C17H20N7O3/c1-2-22-5-7-23(8-6-22)13-3-4-14(15(9-13)24(26)27)21-17-10-16(20-12-25)18-11-19-17/h3-4,9-11H,2,5-8H2,1H3,(H2,18,19,20,21,25). The summed E-state index contributed by atoms with van der Waals surface area (Å²) >= 11 is 0. The van der Waals surface area contributed by atoms with Crippen LogP contribution in [0.2, 0.25) is 0 Å². The third-order valence-corrected chi connectivity index (χ3v) is 4.47. The van der Waals surface area contributed by atoms with Gasteiger partial charge in [0, 0.05) is 44.0 Å². The number of benzene rings is 1. The summed E-state index contributed by atoms with van der Waals surface area (Å²) in [5.41, 5.74) is 1.10. The highest BCUT2D eigenvalue weighted by molar-refractivity contribution is 5.75. The smallest absolute Gasteiger partial charge is 0.315 e. The Morgan fingerprint density at radius 1 is 1.19 bits per heavy atom. The summed E-state index contributed by atoms with van der Waals surface area (Å²) in [7, 11) is 0. The van der Waals surface area contributed by atoms with Gasteiger partial charge in [-0.1, -0.05) is 6.92 Å². The van der Waals surface area contributed by atoms with Gasteiger partial charge in [0.05, 0.1) is 4.92 Å². The third kappa shape index (κ3) is 4.47. The van der Waals surface area contributed by atoms with Crippen LogP contribution in [-0.4, -0.2) is 58.9 Å². The van der Waals surface area contributed by atoms with Gasteiger partial charge >= 0.3 is 6.41 Å². The first-order valence-electron chi connectivity index (χ1n) is 8.58. The van der Waals surface area contributed by atoms with Crippen molar-refractivity contribution in [1.82, 2.24) is 14.9 Å². The average Bonchev–Trinajstić information content (AvgIpc) is 2.69. The molecule has 2 N–H and O–H groups in total. The summed E-state index contributed by atoms with van der Waals surface area (Å²) in [5.74, 6) is 0.575. The van der Waals surface area contributed by atoms with E-state index < -0.39 is 4.92 Å². The number of nitro benzene ring substituents is 1. The molecule has 27 heavy (non-hydrogen) atoms. The van der Waals surface area contributed by atoms with E-state index in [4.69, 9.17) is 0 Å². The molecule has 0 unspecified atom stereocenters. The number of nitrogens with zero attached hydrogens (tertiary/aromatic N) is 5. The minimum absolute atomic E-state index is 0.0412. The molecule has 1 aromatic heterocycles. The first-order valence-corrected chi connectivity index (χ1v) is 8.58. The Hall–Kier alpha value is -3.27. The summed E-state index contributed by atoms with van der Waals surface area (Å²) in [6.45, 7) is 6.68. The fourth-order valence-electron chi connectivity index (χ4n) is 2.98. The number of nitrogens with one attached hydrogen (secondary N) is 2. The molecule has 0 saturated carbocycles. The van der Waals surface area contributed by atoms with Crippen LogP contribution >= 0.6 is 0 Å². The van der Waals surface area contributed by atoms with E-state index in [1.807, 2.05) is 6.07 Å². The maximum Gasteiger partial charge on any atom is 0.315 e. The Morgan fingerprint density at radius 3 is 2.59 bits per heavy atom. The zero-order valence-corrected chi connectivity index (χ0v) is 14.9. The Kier molecular flexibility index (Phi) is 5.77. The molecule has 1 aromatic carbocycles. The van der Waals surface area contributed by atoms with Gasteiger partial charge in [0.2, 0.25) is 0 Å². The molecule has 1 radical (unpaired) electrons. The van der Waals surface area contributed by atoms with Crippen molar-refractivity contribution in [2.24, 2.45) is 0 Å². The molecule has 0 aliphatic carbocycles. The van der Waals surface area contributed by atoms with Crippen LogP contribution in [0, 0.1) is 10.1 Å². The van der Waals surface area contributed by atoms with Crippen LogP contribution in [0.25, 0.3) is 0 Å². The fourth-order valence-corrected chi connectivity index (χ4v) is 2.98. The minimum Gasteiger partial charge on any atom is -0.369 e. The van der Waals surface area contributed by atoms with Gasteiger partial charge in [0.15, 0.2) is 0 Å². The first kappa shape index (κ1) is 18.5. The number of amides is 1. The SMILES string of the molecule is CCN1CCN(c2ccc(Nc3cc(N[C]=O)ncn3)c([N+](=O)[O-])c2)CC1. The van der Waals surface area contributed by atoms with Crippen molar-refractivity contribution >= 4 is 35.1 Å². The maximum absolute atomic E-state index is 11.6. The Morgan fingerprint density at radius 2 is 1.93 bits per heavy atom. The predicted octanol–water partition coefficient (Wildman–Crippen LogP) is 1.75. The molecular weight excluding hydrogens is 350 g/mol. The average molecular weight is 370 g/mol. The molecule has 1 amide bonds. The number of likely N-dealkylation sites (N-methyl/N-ethyl adjacent to an activating group) is 1. The molecule has 10 heteroatoms. The van der Waals surface area contributed by atoms with Crippen molar-refractivity contribution in [2.75, 3.05) is 48.3 Å². The molecule has 2 heterocycles. The summed E-state index contributed by atoms with van der Waals surface area (Å²) in [4.78, 5) is 33.9. The van der Waals surface area contributed by atoms with E-state index in [0.29, 0.717) is 11.5 Å². The lowest BCUT2D eigenvalue weighted by molar-refractivity contribution is -0.383. The first-order chi connectivity index (χ1) is 13.1. The monoisotopic (exact) mass is 370 g/mol.